The molecule has 1 N–H and O–H groups in total. The number of rotatable bonds is 2. The molecule has 0 radical (unpaired) electrons. The molecule has 0 aromatic heterocycles. The lowest BCUT2D eigenvalue weighted by Crippen LogP contribution is -2.42. The molecule has 76 valence electrons. The van der Waals surface area contributed by atoms with Gasteiger partial charge in [0.15, 0.2) is 0 Å². The van der Waals surface area contributed by atoms with Crippen LogP contribution in [-0.4, -0.2) is 30.6 Å². The number of carbonyl (C=O) groups is 1. The third kappa shape index (κ3) is 4.15. The van der Waals surface area contributed by atoms with E-state index in [-0.39, 0.29) is 11.4 Å². The summed E-state index contributed by atoms with van der Waals surface area (Å²) in [6.45, 7) is 7.20. The van der Waals surface area contributed by atoms with Crippen LogP contribution in [0.1, 0.15) is 33.6 Å². The van der Waals surface area contributed by atoms with Crippen molar-refractivity contribution in [1.82, 2.24) is 10.2 Å². The zero-order chi connectivity index (χ0) is 10.1. The van der Waals surface area contributed by atoms with Gasteiger partial charge in [-0.1, -0.05) is 20.8 Å². The molecule has 0 aliphatic heterocycles. The van der Waals surface area contributed by atoms with Gasteiger partial charge in [0, 0.05) is 19.6 Å². The first-order valence-electron chi connectivity index (χ1n) is 4.90. The molecule has 13 heavy (non-hydrogen) atoms. The van der Waals surface area contributed by atoms with E-state index in [0.717, 1.165) is 19.4 Å². The van der Waals surface area contributed by atoms with Crippen molar-refractivity contribution < 1.29 is 4.79 Å². The van der Waals surface area contributed by atoms with Crippen molar-refractivity contribution in [2.24, 2.45) is 5.41 Å². The van der Waals surface area contributed by atoms with E-state index < -0.39 is 0 Å². The van der Waals surface area contributed by atoms with E-state index in [2.05, 4.69) is 26.1 Å². The summed E-state index contributed by atoms with van der Waals surface area (Å²) in [6, 6.07) is 0.521. The number of urea groups is 1. The minimum absolute atomic E-state index is 0.0671. The molecule has 3 heteroatoms. The second-order valence-corrected chi connectivity index (χ2v) is 5.14. The molecule has 1 aliphatic carbocycles. The summed E-state index contributed by atoms with van der Waals surface area (Å²) in [5, 5.41) is 2.96. The number of carbonyl (C=O) groups excluding carboxylic acids is 1. The molecule has 3 nitrogen and oxygen atoms in total. The lowest BCUT2D eigenvalue weighted by Gasteiger charge is -2.26. The summed E-state index contributed by atoms with van der Waals surface area (Å²) in [6.07, 6.45) is 2.30. The van der Waals surface area contributed by atoms with Gasteiger partial charge in [0.2, 0.25) is 0 Å². The van der Waals surface area contributed by atoms with Crippen LogP contribution >= 0.6 is 0 Å². The minimum Gasteiger partial charge on any atom is -0.335 e. The lowest BCUT2D eigenvalue weighted by atomic mass is 9.96. The monoisotopic (exact) mass is 184 g/mol. The minimum atomic E-state index is 0.0671. The lowest BCUT2D eigenvalue weighted by molar-refractivity contribution is 0.188. The molecular formula is C10H20N2O. The second kappa shape index (κ2) is 3.56. The van der Waals surface area contributed by atoms with Crippen LogP contribution in [-0.2, 0) is 0 Å². The fraction of sp³-hybridized carbons (Fsp3) is 0.900. The van der Waals surface area contributed by atoms with Crippen LogP contribution in [0.3, 0.4) is 0 Å². The van der Waals surface area contributed by atoms with E-state index in [9.17, 15) is 4.79 Å². The molecular weight excluding hydrogens is 164 g/mol. The summed E-state index contributed by atoms with van der Waals surface area (Å²) in [5.74, 6) is 0. The summed E-state index contributed by atoms with van der Waals surface area (Å²) in [7, 11) is 1.85. The maximum Gasteiger partial charge on any atom is 0.317 e. The summed E-state index contributed by atoms with van der Waals surface area (Å²) in [5.41, 5.74) is 0.176. The third-order valence-electron chi connectivity index (χ3n) is 1.96. The number of amides is 2. The van der Waals surface area contributed by atoms with Gasteiger partial charge in [-0.05, 0) is 18.3 Å². The van der Waals surface area contributed by atoms with Crippen molar-refractivity contribution >= 4 is 6.03 Å². The Kier molecular flexibility index (Phi) is 2.84. The fourth-order valence-electron chi connectivity index (χ4n) is 1.30. The van der Waals surface area contributed by atoms with E-state index in [1.54, 1.807) is 4.90 Å². The Morgan fingerprint density at radius 1 is 1.46 bits per heavy atom. The summed E-state index contributed by atoms with van der Waals surface area (Å²) < 4.78 is 0. The Morgan fingerprint density at radius 3 is 2.38 bits per heavy atom. The first-order valence-corrected chi connectivity index (χ1v) is 4.90. The van der Waals surface area contributed by atoms with E-state index in [0.29, 0.717) is 6.04 Å². The third-order valence-corrected chi connectivity index (χ3v) is 1.96. The van der Waals surface area contributed by atoms with Crippen molar-refractivity contribution in [3.05, 3.63) is 0 Å². The molecule has 1 aliphatic rings. The maximum absolute atomic E-state index is 11.5. The van der Waals surface area contributed by atoms with Gasteiger partial charge in [0.25, 0.3) is 0 Å². The average molecular weight is 184 g/mol. The van der Waals surface area contributed by atoms with Crippen LogP contribution in [0.15, 0.2) is 0 Å². The maximum atomic E-state index is 11.5. The van der Waals surface area contributed by atoms with Crippen molar-refractivity contribution in [2.75, 3.05) is 13.6 Å². The molecule has 0 heterocycles. The zero-order valence-corrected chi connectivity index (χ0v) is 9.05. The topological polar surface area (TPSA) is 32.3 Å². The van der Waals surface area contributed by atoms with Gasteiger partial charge in [-0.3, -0.25) is 0 Å². The van der Waals surface area contributed by atoms with Gasteiger partial charge in [0.1, 0.15) is 0 Å². The van der Waals surface area contributed by atoms with E-state index in [4.69, 9.17) is 0 Å². The number of hydrogen-bond donors (Lipinski definition) is 1. The highest BCUT2D eigenvalue weighted by Crippen LogP contribution is 2.19. The van der Waals surface area contributed by atoms with Crippen molar-refractivity contribution in [3.63, 3.8) is 0 Å². The Morgan fingerprint density at radius 2 is 2.00 bits per heavy atom. The van der Waals surface area contributed by atoms with Gasteiger partial charge in [-0.25, -0.2) is 4.79 Å². The normalized spacial score (nSPS) is 16.9. The molecule has 0 aromatic rings. The number of hydrogen-bond acceptors (Lipinski definition) is 1. The highest BCUT2D eigenvalue weighted by molar-refractivity contribution is 5.74. The highest BCUT2D eigenvalue weighted by Gasteiger charge is 2.25. The molecule has 0 aromatic carbocycles. The van der Waals surface area contributed by atoms with E-state index >= 15 is 0 Å². The quantitative estimate of drug-likeness (QED) is 0.697. The Bertz CT molecular complexity index is 192. The van der Waals surface area contributed by atoms with Gasteiger partial charge >= 0.3 is 6.03 Å². The average Bonchev–Trinajstić information content (AvgIpc) is 2.67. The van der Waals surface area contributed by atoms with Crippen LogP contribution in [0.5, 0.6) is 0 Å². The standard InChI is InChI=1S/C10H20N2O/c1-10(2,3)7-12(4)9(13)11-8-5-6-8/h8H,5-7H2,1-4H3,(H,11,13). The van der Waals surface area contributed by atoms with Crippen molar-refractivity contribution in [1.29, 1.82) is 0 Å². The summed E-state index contributed by atoms with van der Waals surface area (Å²) in [4.78, 5) is 13.2. The smallest absolute Gasteiger partial charge is 0.317 e. The second-order valence-electron chi connectivity index (χ2n) is 5.14. The molecule has 0 atom stereocenters. The fourth-order valence-corrected chi connectivity index (χ4v) is 1.30. The molecule has 0 unspecified atom stereocenters. The van der Waals surface area contributed by atoms with Crippen molar-refractivity contribution in [3.8, 4) is 0 Å². The SMILES string of the molecule is CN(CC(C)(C)C)C(=O)NC1CC1. The molecule has 0 saturated heterocycles. The molecule has 0 bridgehead atoms. The Balaban J connectivity index is 2.28. The Hall–Kier alpha value is -0.730. The molecule has 2 amide bonds. The molecule has 1 fully saturated rings. The molecule has 1 saturated carbocycles. The zero-order valence-electron chi connectivity index (χ0n) is 9.05. The first-order chi connectivity index (χ1) is 5.88. The van der Waals surface area contributed by atoms with Gasteiger partial charge in [-0.2, -0.15) is 0 Å². The highest BCUT2D eigenvalue weighted by atomic mass is 16.2. The number of nitrogens with one attached hydrogen (secondary N) is 1. The van der Waals surface area contributed by atoms with E-state index in [1.807, 2.05) is 7.05 Å². The van der Waals surface area contributed by atoms with Crippen LogP contribution in [0.2, 0.25) is 0 Å². The molecule has 1 rings (SSSR count). The van der Waals surface area contributed by atoms with Gasteiger partial charge < -0.3 is 10.2 Å². The van der Waals surface area contributed by atoms with Gasteiger partial charge in [0.05, 0.1) is 0 Å². The number of nitrogens with zero attached hydrogens (tertiary/aromatic N) is 1. The first kappa shape index (κ1) is 10.4. The van der Waals surface area contributed by atoms with Crippen molar-refractivity contribution in [2.45, 2.75) is 39.7 Å². The summed E-state index contributed by atoms with van der Waals surface area (Å²) >= 11 is 0. The van der Waals surface area contributed by atoms with E-state index in [1.165, 1.54) is 0 Å². The predicted molar refractivity (Wildman–Crippen MR) is 53.6 cm³/mol. The van der Waals surface area contributed by atoms with Crippen LogP contribution < -0.4 is 5.32 Å². The van der Waals surface area contributed by atoms with Crippen LogP contribution in [0.4, 0.5) is 4.79 Å². The van der Waals surface area contributed by atoms with Crippen LogP contribution in [0, 0.1) is 5.41 Å². The Labute approximate surface area is 80.5 Å². The largest absolute Gasteiger partial charge is 0.335 e. The molecule has 0 spiro atoms. The predicted octanol–water partition coefficient (Wildman–Crippen LogP) is 1.84. The van der Waals surface area contributed by atoms with Crippen LogP contribution in [0.25, 0.3) is 0 Å². The van der Waals surface area contributed by atoms with Gasteiger partial charge in [-0.15, -0.1) is 0 Å².